The fourth-order valence-corrected chi connectivity index (χ4v) is 5.62. The van der Waals surface area contributed by atoms with Crippen LogP contribution >= 0.6 is 0 Å². The van der Waals surface area contributed by atoms with Crippen molar-refractivity contribution in [3.8, 4) is 11.4 Å². The van der Waals surface area contributed by atoms with Gasteiger partial charge in [-0.2, -0.15) is 10.2 Å². The van der Waals surface area contributed by atoms with E-state index in [0.717, 1.165) is 82.4 Å². The molecule has 0 unspecified atom stereocenters. The molecule has 2 aromatic carbocycles. The van der Waals surface area contributed by atoms with Gasteiger partial charge in [0.15, 0.2) is 17.1 Å². The average Bonchev–Trinajstić information content (AvgIpc) is 3.61. The predicted octanol–water partition coefficient (Wildman–Crippen LogP) is 6.99. The Morgan fingerprint density at radius 1 is 0.643 bits per heavy atom. The van der Waals surface area contributed by atoms with E-state index in [1.54, 1.807) is 46.0 Å². The largest absolute Gasteiger partial charge is 0.294 e. The molecule has 4 aromatic heterocycles. The molecule has 0 amide bonds. The molecule has 2 aliphatic rings. The first kappa shape index (κ1) is 25.9. The molecule has 7 nitrogen and oxygen atoms in total. The second-order valence-electron chi connectivity index (χ2n) is 10.6. The van der Waals surface area contributed by atoms with Gasteiger partial charge in [-0.25, -0.2) is 28.1 Å². The molecule has 0 radical (unpaired) electrons. The number of hydrogen-bond acceptors (Lipinski definition) is 5. The van der Waals surface area contributed by atoms with Crippen molar-refractivity contribution in [3.05, 3.63) is 114 Å². The Morgan fingerprint density at radius 2 is 1.12 bits per heavy atom. The minimum Gasteiger partial charge on any atom is -0.294 e. The van der Waals surface area contributed by atoms with E-state index >= 15 is 0 Å². The first-order chi connectivity index (χ1) is 20.4. The summed E-state index contributed by atoms with van der Waals surface area (Å²) in [5, 5.41) is 10.5. The quantitative estimate of drug-likeness (QED) is 0.228. The summed E-state index contributed by atoms with van der Waals surface area (Å²) in [6.07, 6.45) is 8.83. The van der Waals surface area contributed by atoms with Crippen molar-refractivity contribution in [2.75, 3.05) is 0 Å². The Balaban J connectivity index is 0.000000137. The summed E-state index contributed by atoms with van der Waals surface area (Å²) in [6, 6.07) is 16.4. The zero-order valence-electron chi connectivity index (χ0n) is 22.7. The van der Waals surface area contributed by atoms with E-state index in [9.17, 15) is 13.6 Å². The van der Waals surface area contributed by atoms with E-state index in [4.69, 9.17) is 4.98 Å². The molecule has 9 heteroatoms. The van der Waals surface area contributed by atoms with Crippen molar-refractivity contribution >= 4 is 33.4 Å². The second-order valence-corrected chi connectivity index (χ2v) is 10.6. The first-order valence-electron chi connectivity index (χ1n) is 13.9. The fraction of sp³-hybridized carbons (Fsp3) is 0.182. The van der Waals surface area contributed by atoms with Gasteiger partial charge in [-0.15, -0.1) is 0 Å². The standard InChI is InChI=1S/C17H14FN3.C16H12FN3O/c1-11-3-2-4-16-15(11)9-12-10-19-21(17(12)20-16)14-7-5-13(18)6-8-14;17-11-4-6-12(7-5-11)20-16-10(9-18-20)8-13-14(19-16)2-1-3-15(13)21/h5-10H,1-4H2;4-9H,1-3H2. The van der Waals surface area contributed by atoms with Crippen molar-refractivity contribution in [2.24, 2.45) is 0 Å². The Kier molecular flexibility index (Phi) is 6.42. The molecule has 0 saturated carbocycles. The molecular weight excluding hydrogens is 534 g/mol. The van der Waals surface area contributed by atoms with Gasteiger partial charge in [0.05, 0.1) is 35.2 Å². The van der Waals surface area contributed by atoms with E-state index in [1.165, 1.54) is 24.3 Å². The van der Waals surface area contributed by atoms with Crippen LogP contribution in [0.5, 0.6) is 0 Å². The minimum absolute atomic E-state index is 0.153. The molecular formula is C33H26F2N6O. The molecule has 0 saturated heterocycles. The van der Waals surface area contributed by atoms with E-state index in [2.05, 4.69) is 27.8 Å². The predicted molar refractivity (Wildman–Crippen MR) is 157 cm³/mol. The van der Waals surface area contributed by atoms with Gasteiger partial charge in [0.1, 0.15) is 11.6 Å². The van der Waals surface area contributed by atoms with Crippen LogP contribution in [0.4, 0.5) is 8.78 Å². The smallest absolute Gasteiger partial charge is 0.164 e. The number of carbonyl (C=O) groups is 1. The van der Waals surface area contributed by atoms with Crippen LogP contribution in [0, 0.1) is 11.6 Å². The number of carbonyl (C=O) groups excluding carboxylic acids is 1. The number of aryl methyl sites for hydroxylation is 2. The molecule has 8 rings (SSSR count). The summed E-state index contributed by atoms with van der Waals surface area (Å²) < 4.78 is 29.5. The molecule has 2 aliphatic carbocycles. The highest BCUT2D eigenvalue weighted by atomic mass is 19.1. The van der Waals surface area contributed by atoms with E-state index in [1.807, 2.05) is 6.07 Å². The summed E-state index contributed by atoms with van der Waals surface area (Å²) in [7, 11) is 0. The Bertz CT molecular complexity index is 1840. The maximum absolute atomic E-state index is 13.1. The maximum Gasteiger partial charge on any atom is 0.164 e. The molecule has 4 heterocycles. The van der Waals surface area contributed by atoms with E-state index in [0.29, 0.717) is 17.6 Å². The van der Waals surface area contributed by atoms with Gasteiger partial charge in [-0.05, 0) is 104 Å². The van der Waals surface area contributed by atoms with Gasteiger partial charge in [0, 0.05) is 22.8 Å². The lowest BCUT2D eigenvalue weighted by Gasteiger charge is -2.17. The Morgan fingerprint density at radius 3 is 1.67 bits per heavy atom. The number of aromatic nitrogens is 6. The van der Waals surface area contributed by atoms with Crippen LogP contribution in [-0.4, -0.2) is 35.3 Å². The summed E-state index contributed by atoms with van der Waals surface area (Å²) >= 11 is 0. The molecule has 0 aliphatic heterocycles. The molecule has 0 atom stereocenters. The lowest BCUT2D eigenvalue weighted by atomic mass is 9.91. The average molecular weight is 561 g/mol. The van der Waals surface area contributed by atoms with Crippen molar-refractivity contribution in [1.82, 2.24) is 29.5 Å². The highest BCUT2D eigenvalue weighted by molar-refractivity contribution is 6.00. The zero-order chi connectivity index (χ0) is 28.8. The van der Waals surface area contributed by atoms with Crippen molar-refractivity contribution in [2.45, 2.75) is 38.5 Å². The highest BCUT2D eigenvalue weighted by Gasteiger charge is 2.21. The third kappa shape index (κ3) is 4.66. The van der Waals surface area contributed by atoms with E-state index in [-0.39, 0.29) is 17.4 Å². The summed E-state index contributed by atoms with van der Waals surface area (Å²) in [4.78, 5) is 21.3. The molecule has 0 spiro atoms. The van der Waals surface area contributed by atoms with Crippen molar-refractivity contribution < 1.29 is 13.6 Å². The lowest BCUT2D eigenvalue weighted by molar-refractivity contribution is 0.0972. The number of allylic oxidation sites excluding steroid dienone is 1. The summed E-state index contributed by atoms with van der Waals surface area (Å²) in [6.45, 7) is 4.13. The van der Waals surface area contributed by atoms with Crippen molar-refractivity contribution in [3.63, 3.8) is 0 Å². The number of hydrogen-bond donors (Lipinski definition) is 0. The Hall–Kier alpha value is -5.05. The normalized spacial score (nSPS) is 14.4. The number of nitrogens with zero attached hydrogens (tertiary/aromatic N) is 6. The third-order valence-electron chi connectivity index (χ3n) is 7.78. The number of ketones is 1. The topological polar surface area (TPSA) is 78.5 Å². The van der Waals surface area contributed by atoms with Gasteiger partial charge in [-0.3, -0.25) is 4.79 Å². The SMILES string of the molecule is C=C1CCCc2nc3c(cnn3-c3ccc(F)cc3)cc21.O=C1CCCc2nc3c(cnn3-c3ccc(F)cc3)cc21. The number of benzene rings is 2. The van der Waals surface area contributed by atoms with Gasteiger partial charge in [0.2, 0.25) is 0 Å². The first-order valence-corrected chi connectivity index (χ1v) is 13.9. The summed E-state index contributed by atoms with van der Waals surface area (Å²) in [5.74, 6) is -0.386. The molecule has 0 fully saturated rings. The van der Waals surface area contributed by atoms with Gasteiger partial charge >= 0.3 is 0 Å². The zero-order valence-corrected chi connectivity index (χ0v) is 22.7. The second kappa shape index (κ2) is 10.4. The summed E-state index contributed by atoms with van der Waals surface area (Å²) in [5.41, 5.74) is 8.03. The third-order valence-corrected chi connectivity index (χ3v) is 7.78. The number of pyridine rings is 2. The van der Waals surface area contributed by atoms with Crippen molar-refractivity contribution in [1.29, 1.82) is 0 Å². The van der Waals surface area contributed by atoms with Crippen LogP contribution in [0.2, 0.25) is 0 Å². The lowest BCUT2D eigenvalue weighted by Crippen LogP contribution is -2.13. The molecule has 42 heavy (non-hydrogen) atoms. The van der Waals surface area contributed by atoms with Crippen LogP contribution in [0.3, 0.4) is 0 Å². The number of halogens is 2. The number of fused-ring (bicyclic) bond motifs is 4. The maximum atomic E-state index is 13.1. The van der Waals surface area contributed by atoms with E-state index < -0.39 is 0 Å². The molecule has 0 N–H and O–H groups in total. The molecule has 6 aromatic rings. The Labute approximate surface area is 240 Å². The van der Waals surface area contributed by atoms with Crippen LogP contribution < -0.4 is 0 Å². The van der Waals surface area contributed by atoms with Crippen LogP contribution in [0.1, 0.15) is 53.0 Å². The number of Topliss-reactive ketones (excluding diaryl/α,β-unsaturated/α-hetero) is 1. The van der Waals surface area contributed by atoms with Gasteiger partial charge < -0.3 is 0 Å². The fourth-order valence-electron chi connectivity index (χ4n) is 5.62. The van der Waals surface area contributed by atoms with Gasteiger partial charge in [-0.1, -0.05) is 6.58 Å². The van der Waals surface area contributed by atoms with Crippen LogP contribution in [-0.2, 0) is 12.8 Å². The highest BCUT2D eigenvalue weighted by Crippen LogP contribution is 2.31. The minimum atomic E-state index is -0.286. The van der Waals surface area contributed by atoms with Crippen LogP contribution in [0.15, 0.2) is 79.6 Å². The monoisotopic (exact) mass is 560 g/mol. The van der Waals surface area contributed by atoms with Crippen LogP contribution in [0.25, 0.3) is 39.0 Å². The number of rotatable bonds is 2. The molecule has 0 bridgehead atoms. The van der Waals surface area contributed by atoms with Gasteiger partial charge in [0.25, 0.3) is 0 Å². The molecule has 208 valence electrons.